The molecule has 2 saturated heterocycles. The van der Waals surface area contributed by atoms with Gasteiger partial charge >= 0.3 is 0 Å². The molecule has 2 N–H and O–H groups in total. The van der Waals surface area contributed by atoms with E-state index < -0.39 is 0 Å². The van der Waals surface area contributed by atoms with E-state index in [0.717, 1.165) is 18.5 Å². The first-order valence-corrected chi connectivity index (χ1v) is 4.50. The Kier molecular flexibility index (Phi) is 2.11. The van der Waals surface area contributed by atoms with Crippen LogP contribution in [-0.2, 0) is 0 Å². The Hall–Kier alpha value is -0.120. The lowest BCUT2D eigenvalue weighted by molar-refractivity contribution is 0.296. The summed E-state index contributed by atoms with van der Waals surface area (Å²) in [6.07, 6.45) is 0. The molecule has 0 amide bonds. The molecule has 2 atom stereocenters. The van der Waals surface area contributed by atoms with Crippen molar-refractivity contribution in [3.63, 3.8) is 0 Å². The van der Waals surface area contributed by atoms with Gasteiger partial charge in [-0.05, 0) is 7.05 Å². The third-order valence-electron chi connectivity index (χ3n) is 2.84. The number of fused-ring (bicyclic) bond motifs is 1. The summed E-state index contributed by atoms with van der Waals surface area (Å²) in [4.78, 5) is 2.55. The molecule has 2 unspecified atom stereocenters. The second-order valence-electron chi connectivity index (χ2n) is 3.64. The maximum absolute atomic E-state index is 3.45. The first kappa shape index (κ1) is 7.53. The van der Waals surface area contributed by atoms with Crippen molar-refractivity contribution in [3.8, 4) is 0 Å². The molecule has 2 heterocycles. The van der Waals surface area contributed by atoms with E-state index >= 15 is 0 Å². The summed E-state index contributed by atoms with van der Waals surface area (Å²) in [5, 5.41) is 6.63. The lowest BCUT2D eigenvalue weighted by Crippen LogP contribution is -2.51. The monoisotopic (exact) mass is 155 g/mol. The van der Waals surface area contributed by atoms with Crippen LogP contribution in [0.3, 0.4) is 0 Å². The standard InChI is InChI=1S/C8H17N3/c1-9-2-3-11-5-7-4-10-8(7)6-11/h7-10H,2-6H2,1H3. The zero-order valence-electron chi connectivity index (χ0n) is 7.14. The summed E-state index contributed by atoms with van der Waals surface area (Å²) in [5.74, 6) is 0.965. The molecule has 2 aliphatic rings. The van der Waals surface area contributed by atoms with E-state index in [-0.39, 0.29) is 0 Å². The molecule has 0 aliphatic carbocycles. The summed E-state index contributed by atoms with van der Waals surface area (Å²) in [6.45, 7) is 6.18. The van der Waals surface area contributed by atoms with Gasteiger partial charge in [0.2, 0.25) is 0 Å². The van der Waals surface area contributed by atoms with Gasteiger partial charge in [-0.15, -0.1) is 0 Å². The lowest BCUT2D eigenvalue weighted by Gasteiger charge is -2.30. The SMILES string of the molecule is CNCCN1CC2CNC2C1. The molecule has 0 aromatic heterocycles. The summed E-state index contributed by atoms with van der Waals surface area (Å²) in [7, 11) is 2.02. The van der Waals surface area contributed by atoms with Crippen LogP contribution in [0.5, 0.6) is 0 Å². The lowest BCUT2D eigenvalue weighted by atomic mass is 9.96. The van der Waals surface area contributed by atoms with Gasteiger partial charge < -0.3 is 15.5 Å². The van der Waals surface area contributed by atoms with Gasteiger partial charge in [-0.2, -0.15) is 0 Å². The van der Waals surface area contributed by atoms with E-state index in [9.17, 15) is 0 Å². The molecule has 2 rings (SSSR count). The number of rotatable bonds is 3. The number of hydrogen-bond acceptors (Lipinski definition) is 3. The van der Waals surface area contributed by atoms with Crippen molar-refractivity contribution in [2.24, 2.45) is 5.92 Å². The van der Waals surface area contributed by atoms with Crippen LogP contribution < -0.4 is 10.6 Å². The molecule has 0 aromatic rings. The molecule has 11 heavy (non-hydrogen) atoms. The summed E-state index contributed by atoms with van der Waals surface area (Å²) in [5.41, 5.74) is 0. The van der Waals surface area contributed by atoms with Crippen molar-refractivity contribution < 1.29 is 0 Å². The second-order valence-corrected chi connectivity index (χ2v) is 3.64. The van der Waals surface area contributed by atoms with E-state index in [1.54, 1.807) is 0 Å². The third-order valence-corrected chi connectivity index (χ3v) is 2.84. The van der Waals surface area contributed by atoms with Gasteiger partial charge in [0.05, 0.1) is 0 Å². The number of likely N-dealkylation sites (N-methyl/N-ethyl adjacent to an activating group) is 1. The van der Waals surface area contributed by atoms with Gasteiger partial charge in [-0.25, -0.2) is 0 Å². The minimum absolute atomic E-state index is 0.826. The molecule has 0 radical (unpaired) electrons. The van der Waals surface area contributed by atoms with Crippen molar-refractivity contribution in [3.05, 3.63) is 0 Å². The van der Waals surface area contributed by atoms with Gasteiger partial charge in [0.1, 0.15) is 0 Å². The van der Waals surface area contributed by atoms with Gasteiger partial charge in [0.15, 0.2) is 0 Å². The minimum atomic E-state index is 0.826. The molecule has 0 spiro atoms. The maximum Gasteiger partial charge on any atom is 0.0247 e. The van der Waals surface area contributed by atoms with Crippen molar-refractivity contribution in [1.82, 2.24) is 15.5 Å². The number of hydrogen-bond donors (Lipinski definition) is 2. The van der Waals surface area contributed by atoms with E-state index in [4.69, 9.17) is 0 Å². The van der Waals surface area contributed by atoms with Crippen LogP contribution in [0, 0.1) is 5.92 Å². The number of likely N-dealkylation sites (tertiary alicyclic amines) is 1. The molecular weight excluding hydrogens is 138 g/mol. The highest BCUT2D eigenvalue weighted by atomic mass is 15.2. The topological polar surface area (TPSA) is 27.3 Å². The normalized spacial score (nSPS) is 36.8. The van der Waals surface area contributed by atoms with Gasteiger partial charge in [-0.3, -0.25) is 0 Å². The predicted octanol–water partition coefficient (Wildman–Crippen LogP) is -0.891. The molecule has 3 nitrogen and oxygen atoms in total. The fraction of sp³-hybridized carbons (Fsp3) is 1.00. The quantitative estimate of drug-likeness (QED) is 0.553. The Balaban J connectivity index is 1.71. The van der Waals surface area contributed by atoms with Gasteiger partial charge in [0.25, 0.3) is 0 Å². The molecule has 0 aromatic carbocycles. The summed E-state index contributed by atoms with van der Waals surface area (Å²) >= 11 is 0. The first-order valence-electron chi connectivity index (χ1n) is 4.50. The van der Waals surface area contributed by atoms with Crippen LogP contribution in [0.4, 0.5) is 0 Å². The van der Waals surface area contributed by atoms with Crippen LogP contribution in [-0.4, -0.2) is 50.7 Å². The fourth-order valence-corrected chi connectivity index (χ4v) is 1.99. The summed E-state index contributed by atoms with van der Waals surface area (Å²) in [6, 6.07) is 0.826. The van der Waals surface area contributed by atoms with Crippen LogP contribution in [0.1, 0.15) is 0 Å². The van der Waals surface area contributed by atoms with E-state index in [1.165, 1.54) is 26.2 Å². The van der Waals surface area contributed by atoms with Crippen molar-refractivity contribution in [2.75, 3.05) is 39.8 Å². The highest BCUT2D eigenvalue weighted by molar-refractivity contribution is 4.97. The molecule has 3 heteroatoms. The maximum atomic E-state index is 3.45. The zero-order valence-corrected chi connectivity index (χ0v) is 7.14. The first-order chi connectivity index (χ1) is 5.40. The summed E-state index contributed by atoms with van der Waals surface area (Å²) < 4.78 is 0. The van der Waals surface area contributed by atoms with Crippen LogP contribution >= 0.6 is 0 Å². The number of nitrogens with zero attached hydrogens (tertiary/aromatic N) is 1. The van der Waals surface area contributed by atoms with Gasteiger partial charge in [-0.1, -0.05) is 0 Å². The van der Waals surface area contributed by atoms with Crippen molar-refractivity contribution >= 4 is 0 Å². The smallest absolute Gasteiger partial charge is 0.0247 e. The van der Waals surface area contributed by atoms with Crippen LogP contribution in [0.15, 0.2) is 0 Å². The molecule has 2 aliphatic heterocycles. The highest BCUT2D eigenvalue weighted by Crippen LogP contribution is 2.22. The van der Waals surface area contributed by atoms with E-state index in [1.807, 2.05) is 7.05 Å². The third kappa shape index (κ3) is 1.41. The number of nitrogens with one attached hydrogen (secondary N) is 2. The average Bonchev–Trinajstić information content (AvgIpc) is 2.25. The second kappa shape index (κ2) is 3.09. The van der Waals surface area contributed by atoms with E-state index in [0.29, 0.717) is 0 Å². The minimum Gasteiger partial charge on any atom is -0.318 e. The van der Waals surface area contributed by atoms with Crippen LogP contribution in [0.2, 0.25) is 0 Å². The Bertz CT molecular complexity index is 125. The average molecular weight is 155 g/mol. The Morgan fingerprint density at radius 3 is 2.91 bits per heavy atom. The largest absolute Gasteiger partial charge is 0.318 e. The van der Waals surface area contributed by atoms with Gasteiger partial charge in [0, 0.05) is 44.7 Å². The predicted molar refractivity (Wildman–Crippen MR) is 45.6 cm³/mol. The van der Waals surface area contributed by atoms with Crippen molar-refractivity contribution in [2.45, 2.75) is 6.04 Å². The molecule has 2 fully saturated rings. The fourth-order valence-electron chi connectivity index (χ4n) is 1.99. The Morgan fingerprint density at radius 1 is 1.55 bits per heavy atom. The Morgan fingerprint density at radius 2 is 2.45 bits per heavy atom. The highest BCUT2D eigenvalue weighted by Gasteiger charge is 2.38. The van der Waals surface area contributed by atoms with Crippen molar-refractivity contribution in [1.29, 1.82) is 0 Å². The van der Waals surface area contributed by atoms with Crippen LogP contribution in [0.25, 0.3) is 0 Å². The van der Waals surface area contributed by atoms with E-state index in [2.05, 4.69) is 15.5 Å². The molecular formula is C8H17N3. The molecule has 64 valence electrons. The molecule has 0 bridgehead atoms. The Labute approximate surface area is 68.1 Å². The molecule has 0 saturated carbocycles. The zero-order chi connectivity index (χ0) is 7.68.